The normalized spacial score (nSPS) is 10.9. The summed E-state index contributed by atoms with van der Waals surface area (Å²) in [6.07, 6.45) is 0.802. The molecule has 0 N–H and O–H groups in total. The molecule has 0 radical (unpaired) electrons. The molecule has 2 aromatic heterocycles. The molecule has 0 unspecified atom stereocenters. The van der Waals surface area contributed by atoms with Crippen molar-refractivity contribution in [3.8, 4) is 0 Å². The van der Waals surface area contributed by atoms with Crippen LogP contribution >= 0.6 is 11.3 Å². The van der Waals surface area contributed by atoms with Gasteiger partial charge in [-0.2, -0.15) is 0 Å². The van der Waals surface area contributed by atoms with Crippen LogP contribution in [0.4, 0.5) is 0 Å². The lowest BCUT2D eigenvalue weighted by molar-refractivity contribution is 0.101. The quantitative estimate of drug-likeness (QED) is 0.654. The van der Waals surface area contributed by atoms with E-state index in [1.54, 1.807) is 17.4 Å². The first-order chi connectivity index (χ1) is 8.79. The van der Waals surface area contributed by atoms with Crippen LogP contribution in [0.25, 0.3) is 10.1 Å². The van der Waals surface area contributed by atoms with Gasteiger partial charge >= 0.3 is 0 Å². The first kappa shape index (κ1) is 11.2. The van der Waals surface area contributed by atoms with Gasteiger partial charge < -0.3 is 4.42 Å². The van der Waals surface area contributed by atoms with Crippen molar-refractivity contribution in [3.05, 3.63) is 58.9 Å². The molecular weight excluding hydrogens is 244 g/mol. The standard InChI is InChI=1S/C15H12O2S/c1-2-11-6-7-13(17-11)14(16)12-5-3-4-10-8-9-18-15(10)12/h3-9H,2H2,1H3. The molecular formula is C15H12O2S. The third kappa shape index (κ3) is 1.77. The molecule has 0 saturated carbocycles. The second kappa shape index (κ2) is 4.42. The van der Waals surface area contributed by atoms with E-state index in [4.69, 9.17) is 4.42 Å². The Balaban J connectivity index is 2.08. The van der Waals surface area contributed by atoms with Crippen molar-refractivity contribution in [1.82, 2.24) is 0 Å². The molecule has 2 heterocycles. The molecule has 1 aromatic carbocycles. The van der Waals surface area contributed by atoms with Crippen molar-refractivity contribution in [2.45, 2.75) is 13.3 Å². The number of ketones is 1. The molecule has 90 valence electrons. The van der Waals surface area contributed by atoms with Gasteiger partial charge in [0.05, 0.1) is 0 Å². The predicted molar refractivity (Wildman–Crippen MR) is 73.3 cm³/mol. The van der Waals surface area contributed by atoms with Gasteiger partial charge in [-0.15, -0.1) is 11.3 Å². The summed E-state index contributed by atoms with van der Waals surface area (Å²) >= 11 is 1.59. The largest absolute Gasteiger partial charge is 0.458 e. The Morgan fingerprint density at radius 3 is 2.89 bits per heavy atom. The van der Waals surface area contributed by atoms with Crippen molar-refractivity contribution in [1.29, 1.82) is 0 Å². The topological polar surface area (TPSA) is 30.2 Å². The summed E-state index contributed by atoms with van der Waals surface area (Å²) in [5, 5.41) is 3.11. The summed E-state index contributed by atoms with van der Waals surface area (Å²) in [5.41, 5.74) is 0.722. The molecule has 0 fully saturated rings. The first-order valence-electron chi connectivity index (χ1n) is 5.89. The molecule has 3 rings (SSSR count). The molecule has 2 nitrogen and oxygen atoms in total. The van der Waals surface area contributed by atoms with Crippen LogP contribution < -0.4 is 0 Å². The molecule has 0 atom stereocenters. The van der Waals surface area contributed by atoms with Gasteiger partial charge in [0.1, 0.15) is 5.76 Å². The Morgan fingerprint density at radius 1 is 1.22 bits per heavy atom. The second-order valence-corrected chi connectivity index (χ2v) is 5.01. The third-order valence-electron chi connectivity index (χ3n) is 2.96. The lowest BCUT2D eigenvalue weighted by Crippen LogP contribution is -1.99. The fourth-order valence-corrected chi connectivity index (χ4v) is 2.91. The summed E-state index contributed by atoms with van der Waals surface area (Å²) in [4.78, 5) is 12.4. The minimum absolute atomic E-state index is 0.0391. The third-order valence-corrected chi connectivity index (χ3v) is 3.92. The van der Waals surface area contributed by atoms with Crippen LogP contribution in [0.15, 0.2) is 46.2 Å². The molecule has 0 aliphatic carbocycles. The number of rotatable bonds is 3. The van der Waals surface area contributed by atoms with E-state index >= 15 is 0 Å². The molecule has 0 spiro atoms. The number of hydrogen-bond donors (Lipinski definition) is 0. The molecule has 18 heavy (non-hydrogen) atoms. The van der Waals surface area contributed by atoms with Gasteiger partial charge in [0.2, 0.25) is 5.78 Å². The Kier molecular flexibility index (Phi) is 2.76. The van der Waals surface area contributed by atoms with Gasteiger partial charge in [0, 0.05) is 16.7 Å². The Labute approximate surface area is 109 Å². The van der Waals surface area contributed by atoms with Gasteiger partial charge in [-0.1, -0.05) is 19.1 Å². The monoisotopic (exact) mass is 256 g/mol. The smallest absolute Gasteiger partial charge is 0.229 e. The number of thiophene rings is 1. The van der Waals surface area contributed by atoms with Gasteiger partial charge in [-0.05, 0) is 35.0 Å². The first-order valence-corrected chi connectivity index (χ1v) is 6.77. The zero-order valence-electron chi connectivity index (χ0n) is 9.97. The number of carbonyl (C=O) groups is 1. The Hall–Kier alpha value is -1.87. The van der Waals surface area contributed by atoms with Crippen LogP contribution in [0.1, 0.15) is 28.8 Å². The summed E-state index contributed by atoms with van der Waals surface area (Å²) in [5.74, 6) is 1.23. The van der Waals surface area contributed by atoms with E-state index in [1.807, 2.05) is 42.6 Å². The van der Waals surface area contributed by atoms with E-state index in [-0.39, 0.29) is 5.78 Å². The number of benzene rings is 1. The number of furan rings is 1. The van der Waals surface area contributed by atoms with Gasteiger partial charge in [-0.3, -0.25) is 4.79 Å². The van der Waals surface area contributed by atoms with Gasteiger partial charge in [-0.25, -0.2) is 0 Å². The van der Waals surface area contributed by atoms with Crippen molar-refractivity contribution in [2.75, 3.05) is 0 Å². The van der Waals surface area contributed by atoms with E-state index in [1.165, 1.54) is 0 Å². The fraction of sp³-hybridized carbons (Fsp3) is 0.133. The van der Waals surface area contributed by atoms with E-state index in [0.29, 0.717) is 5.76 Å². The van der Waals surface area contributed by atoms with Crippen molar-refractivity contribution in [2.24, 2.45) is 0 Å². The lowest BCUT2D eigenvalue weighted by Gasteiger charge is -1.99. The highest BCUT2D eigenvalue weighted by molar-refractivity contribution is 7.17. The molecule has 0 bridgehead atoms. The van der Waals surface area contributed by atoms with E-state index < -0.39 is 0 Å². The average Bonchev–Trinajstić information content (AvgIpc) is 3.05. The van der Waals surface area contributed by atoms with E-state index in [2.05, 4.69) is 0 Å². The van der Waals surface area contributed by atoms with Crippen LogP contribution in [0.3, 0.4) is 0 Å². The van der Waals surface area contributed by atoms with Gasteiger partial charge in [0.25, 0.3) is 0 Å². The van der Waals surface area contributed by atoms with Crippen molar-refractivity contribution in [3.63, 3.8) is 0 Å². The van der Waals surface area contributed by atoms with Crippen LogP contribution in [-0.2, 0) is 6.42 Å². The highest BCUT2D eigenvalue weighted by atomic mass is 32.1. The van der Waals surface area contributed by atoms with E-state index in [9.17, 15) is 4.79 Å². The summed E-state index contributed by atoms with van der Waals surface area (Å²) in [6.45, 7) is 2.01. The maximum absolute atomic E-state index is 12.4. The molecule has 0 aliphatic rings. The summed E-state index contributed by atoms with van der Waals surface area (Å²) in [6, 6.07) is 11.4. The van der Waals surface area contributed by atoms with Crippen LogP contribution in [0.5, 0.6) is 0 Å². The Bertz CT molecular complexity index is 706. The molecule has 3 aromatic rings. The Morgan fingerprint density at radius 2 is 2.11 bits per heavy atom. The van der Waals surface area contributed by atoms with Crippen LogP contribution in [0, 0.1) is 0 Å². The van der Waals surface area contributed by atoms with Crippen LogP contribution in [0.2, 0.25) is 0 Å². The zero-order valence-corrected chi connectivity index (χ0v) is 10.8. The second-order valence-electron chi connectivity index (χ2n) is 4.09. The minimum Gasteiger partial charge on any atom is -0.458 e. The van der Waals surface area contributed by atoms with Crippen molar-refractivity contribution >= 4 is 27.2 Å². The number of aryl methyl sites for hydroxylation is 1. The SMILES string of the molecule is CCc1ccc(C(=O)c2cccc3ccsc23)o1. The molecule has 0 saturated heterocycles. The maximum atomic E-state index is 12.4. The van der Waals surface area contributed by atoms with Gasteiger partial charge in [0.15, 0.2) is 5.76 Å². The average molecular weight is 256 g/mol. The highest BCUT2D eigenvalue weighted by Crippen LogP contribution is 2.27. The minimum atomic E-state index is -0.0391. The number of carbonyl (C=O) groups excluding carboxylic acids is 1. The lowest BCUT2D eigenvalue weighted by atomic mass is 10.1. The number of hydrogen-bond acceptors (Lipinski definition) is 3. The summed E-state index contributed by atoms with van der Waals surface area (Å²) in [7, 11) is 0. The molecule has 0 amide bonds. The van der Waals surface area contributed by atoms with E-state index in [0.717, 1.165) is 27.8 Å². The zero-order chi connectivity index (χ0) is 12.5. The fourth-order valence-electron chi connectivity index (χ4n) is 1.99. The maximum Gasteiger partial charge on any atom is 0.229 e. The highest BCUT2D eigenvalue weighted by Gasteiger charge is 2.16. The predicted octanol–water partition coefficient (Wildman–Crippen LogP) is 4.29. The molecule has 3 heteroatoms. The molecule has 0 aliphatic heterocycles. The van der Waals surface area contributed by atoms with Crippen molar-refractivity contribution < 1.29 is 9.21 Å². The summed E-state index contributed by atoms with van der Waals surface area (Å²) < 4.78 is 6.55. The number of fused-ring (bicyclic) bond motifs is 1. The van der Waals surface area contributed by atoms with Crippen LogP contribution in [-0.4, -0.2) is 5.78 Å².